The van der Waals surface area contributed by atoms with Crippen LogP contribution in [0.15, 0.2) is 39.3 Å². The number of carbonyl (C=O) groups is 1. The number of amides is 1. The van der Waals surface area contributed by atoms with E-state index in [1.807, 2.05) is 6.07 Å². The number of carbonyl (C=O) groups excluding carboxylic acids is 1. The molecule has 0 unspecified atom stereocenters. The predicted molar refractivity (Wildman–Crippen MR) is 134 cm³/mol. The fourth-order valence-corrected chi connectivity index (χ4v) is 8.90. The second kappa shape index (κ2) is 8.50. The van der Waals surface area contributed by atoms with E-state index in [4.69, 9.17) is 14.9 Å². The van der Waals surface area contributed by atoms with Crippen LogP contribution in [0, 0.1) is 28.6 Å². The average molecular weight is 481 g/mol. The van der Waals surface area contributed by atoms with Crippen molar-refractivity contribution in [2.45, 2.75) is 89.7 Å². The zero-order chi connectivity index (χ0) is 24.4. The van der Waals surface area contributed by atoms with Gasteiger partial charge in [-0.2, -0.15) is 0 Å². The van der Waals surface area contributed by atoms with Crippen LogP contribution in [0.2, 0.25) is 0 Å². The Balaban J connectivity index is 1.15. The van der Waals surface area contributed by atoms with Gasteiger partial charge in [0.25, 0.3) is 0 Å². The Labute approximate surface area is 208 Å². The van der Waals surface area contributed by atoms with Crippen molar-refractivity contribution in [3.8, 4) is 0 Å². The van der Waals surface area contributed by atoms with Gasteiger partial charge in [-0.05, 0) is 104 Å². The third-order valence-electron chi connectivity index (χ3n) is 10.9. The minimum Gasteiger partial charge on any atom is -0.446 e. The first kappa shape index (κ1) is 23.3. The third kappa shape index (κ3) is 3.78. The van der Waals surface area contributed by atoms with Gasteiger partial charge in [-0.15, -0.1) is 0 Å². The van der Waals surface area contributed by atoms with E-state index in [0.29, 0.717) is 35.6 Å². The standard InChI is InChI=1S/C29H40N2O4/c1-28-12-9-21(35-27(33)31-14-11-20(30)16-31)15-19(28)4-5-22-24-7-6-23(18-3-8-26(32)34-17-18)29(24,2)13-10-25(22)28/h3,7-8,17,19-23,25H,4-6,9-16,30H2,1-2H3/t19-,20+,21-,22+,23-,25+,28+,29-/m1/s1. The summed E-state index contributed by atoms with van der Waals surface area (Å²) >= 11 is 0. The fourth-order valence-electron chi connectivity index (χ4n) is 8.90. The Hall–Kier alpha value is -2.08. The first-order valence-corrected chi connectivity index (χ1v) is 13.8. The highest BCUT2D eigenvalue weighted by Gasteiger charge is 2.58. The average Bonchev–Trinajstić information content (AvgIpc) is 3.43. The quantitative estimate of drug-likeness (QED) is 0.586. The molecule has 190 valence electrons. The van der Waals surface area contributed by atoms with E-state index >= 15 is 0 Å². The number of likely N-dealkylation sites (tertiary alicyclic amines) is 1. The summed E-state index contributed by atoms with van der Waals surface area (Å²) in [4.78, 5) is 26.0. The van der Waals surface area contributed by atoms with Gasteiger partial charge in [-0.3, -0.25) is 0 Å². The molecule has 1 aromatic rings. The van der Waals surface area contributed by atoms with Gasteiger partial charge in [-0.25, -0.2) is 9.59 Å². The molecule has 1 amide bonds. The third-order valence-corrected chi connectivity index (χ3v) is 10.9. The molecule has 0 aromatic carbocycles. The molecule has 0 radical (unpaired) electrons. The van der Waals surface area contributed by atoms with Crippen molar-refractivity contribution < 1.29 is 13.9 Å². The lowest BCUT2D eigenvalue weighted by molar-refractivity contribution is -0.0867. The molecule has 1 aromatic heterocycles. The molecular formula is C29H40N2O4. The number of nitrogens with zero attached hydrogens (tertiary/aromatic N) is 1. The molecule has 2 N–H and O–H groups in total. The highest BCUT2D eigenvalue weighted by atomic mass is 16.6. The molecule has 2 heterocycles. The smallest absolute Gasteiger partial charge is 0.410 e. The van der Waals surface area contributed by atoms with Crippen LogP contribution in [-0.2, 0) is 4.74 Å². The van der Waals surface area contributed by atoms with Crippen molar-refractivity contribution >= 4 is 6.09 Å². The highest BCUT2D eigenvalue weighted by molar-refractivity contribution is 5.68. The van der Waals surface area contributed by atoms with E-state index in [0.717, 1.165) is 44.2 Å². The number of nitrogens with two attached hydrogens (primary N) is 1. The van der Waals surface area contributed by atoms with Crippen molar-refractivity contribution in [3.05, 3.63) is 46.0 Å². The number of ether oxygens (including phenoxy) is 1. The number of allylic oxidation sites excluding steroid dienone is 2. The first-order valence-electron chi connectivity index (χ1n) is 13.8. The zero-order valence-electron chi connectivity index (χ0n) is 21.2. The van der Waals surface area contributed by atoms with Gasteiger partial charge in [0, 0.05) is 25.2 Å². The Bertz CT molecular complexity index is 1060. The Kier molecular flexibility index (Phi) is 5.66. The van der Waals surface area contributed by atoms with Crippen LogP contribution in [0.4, 0.5) is 4.79 Å². The topological polar surface area (TPSA) is 85.8 Å². The molecule has 4 fully saturated rings. The summed E-state index contributed by atoms with van der Waals surface area (Å²) in [5.41, 5.74) is 9.03. The minimum absolute atomic E-state index is 0.0469. The molecule has 6 rings (SSSR count). The van der Waals surface area contributed by atoms with Crippen LogP contribution in [0.5, 0.6) is 0 Å². The lowest BCUT2D eigenvalue weighted by Gasteiger charge is -2.59. The van der Waals surface area contributed by atoms with Crippen LogP contribution in [0.25, 0.3) is 0 Å². The van der Waals surface area contributed by atoms with E-state index in [1.54, 1.807) is 22.8 Å². The van der Waals surface area contributed by atoms with Gasteiger partial charge in [0.05, 0.1) is 6.26 Å². The molecule has 5 aliphatic rings. The lowest BCUT2D eigenvalue weighted by atomic mass is 9.46. The van der Waals surface area contributed by atoms with Crippen molar-refractivity contribution in [3.63, 3.8) is 0 Å². The minimum atomic E-state index is -0.273. The van der Waals surface area contributed by atoms with Crippen LogP contribution in [-0.4, -0.2) is 36.2 Å². The van der Waals surface area contributed by atoms with E-state index in [-0.39, 0.29) is 29.3 Å². The maximum Gasteiger partial charge on any atom is 0.410 e. The van der Waals surface area contributed by atoms with Gasteiger partial charge in [0.2, 0.25) is 0 Å². The maximum atomic E-state index is 12.7. The van der Waals surface area contributed by atoms with Crippen molar-refractivity contribution in [2.75, 3.05) is 13.1 Å². The van der Waals surface area contributed by atoms with Crippen LogP contribution in [0.3, 0.4) is 0 Å². The summed E-state index contributed by atoms with van der Waals surface area (Å²) in [5.74, 6) is 2.39. The summed E-state index contributed by atoms with van der Waals surface area (Å²) < 4.78 is 11.2. The monoisotopic (exact) mass is 480 g/mol. The number of fused-ring (bicyclic) bond motifs is 5. The van der Waals surface area contributed by atoms with E-state index < -0.39 is 0 Å². The van der Waals surface area contributed by atoms with Crippen LogP contribution < -0.4 is 11.4 Å². The summed E-state index contributed by atoms with van der Waals surface area (Å²) in [6.45, 7) is 6.34. The molecule has 1 saturated heterocycles. The Morgan fingerprint density at radius 2 is 2.00 bits per heavy atom. The van der Waals surface area contributed by atoms with Crippen LogP contribution in [0.1, 0.15) is 83.1 Å². The summed E-state index contributed by atoms with van der Waals surface area (Å²) in [7, 11) is 0. The largest absolute Gasteiger partial charge is 0.446 e. The van der Waals surface area contributed by atoms with Gasteiger partial charge >= 0.3 is 11.7 Å². The van der Waals surface area contributed by atoms with Crippen molar-refractivity contribution in [1.29, 1.82) is 0 Å². The van der Waals surface area contributed by atoms with Crippen LogP contribution >= 0.6 is 0 Å². The van der Waals surface area contributed by atoms with E-state index in [2.05, 4.69) is 19.9 Å². The van der Waals surface area contributed by atoms with Gasteiger partial charge < -0.3 is 19.8 Å². The summed E-state index contributed by atoms with van der Waals surface area (Å²) in [5, 5.41) is 0. The normalized spacial score (nSPS) is 42.6. The second-order valence-corrected chi connectivity index (χ2v) is 12.6. The predicted octanol–water partition coefficient (Wildman–Crippen LogP) is 5.22. The molecule has 0 spiro atoms. The molecule has 4 aliphatic carbocycles. The number of hydrogen-bond acceptors (Lipinski definition) is 5. The molecule has 35 heavy (non-hydrogen) atoms. The molecule has 1 aliphatic heterocycles. The Morgan fingerprint density at radius 3 is 2.74 bits per heavy atom. The van der Waals surface area contributed by atoms with E-state index in [9.17, 15) is 9.59 Å². The maximum absolute atomic E-state index is 12.7. The highest BCUT2D eigenvalue weighted by Crippen LogP contribution is 2.67. The SMILES string of the molecule is C[C@]12CC[C@@H](OC(=O)N3CC[C@H](N)C3)C[C@H]1CC[C@H]1C3=CC[C@H](c4ccc(=O)oc4)[C@@]3(C)CC[C@@H]12. The second-order valence-electron chi connectivity index (χ2n) is 12.6. The summed E-state index contributed by atoms with van der Waals surface area (Å²) in [6.07, 6.45) is 14.1. The molecule has 3 saturated carbocycles. The van der Waals surface area contributed by atoms with Gasteiger partial charge in [-0.1, -0.05) is 25.5 Å². The molecule has 6 heteroatoms. The van der Waals surface area contributed by atoms with Gasteiger partial charge in [0.1, 0.15) is 6.10 Å². The molecule has 6 nitrogen and oxygen atoms in total. The summed E-state index contributed by atoms with van der Waals surface area (Å²) in [6, 6.07) is 3.63. The number of rotatable bonds is 2. The zero-order valence-corrected chi connectivity index (χ0v) is 21.2. The molecule has 8 atom stereocenters. The fraction of sp³-hybridized carbons (Fsp3) is 0.724. The molecule has 0 bridgehead atoms. The van der Waals surface area contributed by atoms with E-state index in [1.165, 1.54) is 25.7 Å². The molecular weight excluding hydrogens is 440 g/mol. The lowest BCUT2D eigenvalue weighted by Crippen LogP contribution is -2.52. The first-order chi connectivity index (χ1) is 16.8. The van der Waals surface area contributed by atoms with Crippen molar-refractivity contribution in [1.82, 2.24) is 4.90 Å². The Morgan fingerprint density at radius 1 is 1.14 bits per heavy atom. The number of hydrogen-bond donors (Lipinski definition) is 1. The van der Waals surface area contributed by atoms with Gasteiger partial charge in [0.15, 0.2) is 0 Å². The van der Waals surface area contributed by atoms with Crippen molar-refractivity contribution in [2.24, 2.45) is 34.3 Å².